The second-order valence-corrected chi connectivity index (χ2v) is 12.7. The minimum absolute atomic E-state index is 0.00316. The van der Waals surface area contributed by atoms with E-state index in [1.54, 1.807) is 6.26 Å². The van der Waals surface area contributed by atoms with Crippen molar-refractivity contribution in [2.45, 2.75) is 122 Å². The number of esters is 2. The Balaban J connectivity index is 1.53. The third-order valence-electron chi connectivity index (χ3n) is 11.0. The predicted molar refractivity (Wildman–Crippen MR) is 140 cm³/mol. The third kappa shape index (κ3) is 4.94. The summed E-state index contributed by atoms with van der Waals surface area (Å²) in [5.74, 6) is -2.08. The van der Waals surface area contributed by atoms with Crippen LogP contribution < -0.4 is 0 Å². The normalized spacial score (nSPS) is 41.5. The van der Waals surface area contributed by atoms with E-state index in [9.17, 15) is 29.4 Å². The zero-order valence-corrected chi connectivity index (χ0v) is 23.4. The third-order valence-corrected chi connectivity index (χ3v) is 11.0. The molecule has 0 aromatic rings. The summed E-state index contributed by atoms with van der Waals surface area (Å²) in [6.45, 7) is 5.54. The van der Waals surface area contributed by atoms with Crippen molar-refractivity contribution < 1.29 is 44.0 Å². The number of rotatable bonds is 9. The zero-order valence-electron chi connectivity index (χ0n) is 23.4. The topological polar surface area (TPSA) is 147 Å². The molecule has 0 heterocycles. The quantitative estimate of drug-likeness (QED) is 0.220. The summed E-state index contributed by atoms with van der Waals surface area (Å²) in [6.07, 6.45) is 7.43. The molecule has 0 spiro atoms. The van der Waals surface area contributed by atoms with Crippen molar-refractivity contribution in [1.29, 1.82) is 0 Å². The Labute approximate surface area is 230 Å². The Morgan fingerprint density at radius 3 is 2.33 bits per heavy atom. The van der Waals surface area contributed by atoms with E-state index in [1.807, 2.05) is 6.92 Å². The van der Waals surface area contributed by atoms with Gasteiger partial charge in [-0.3, -0.25) is 14.4 Å². The van der Waals surface area contributed by atoms with Crippen LogP contribution in [0.4, 0.5) is 0 Å². The van der Waals surface area contributed by atoms with Crippen molar-refractivity contribution in [3.63, 3.8) is 0 Å². The number of hydrogen-bond donors (Lipinski definition) is 3. The SMILES string of the molecule is CC/C(=C\OC(C)=O)[C@H]1CC[C@]2(O)[C@@H]3CC[C@]4(O)C[C@@H](OC(=O)CCCC(=O)O)CC[C@]4(C=O)C3CC[C@]12C. The summed E-state index contributed by atoms with van der Waals surface area (Å²) in [6, 6.07) is 0. The molecule has 3 N–H and O–H groups in total. The van der Waals surface area contributed by atoms with Gasteiger partial charge in [0.25, 0.3) is 0 Å². The summed E-state index contributed by atoms with van der Waals surface area (Å²) in [5.41, 5.74) is -2.76. The Morgan fingerprint density at radius 2 is 1.69 bits per heavy atom. The molecule has 4 aliphatic rings. The van der Waals surface area contributed by atoms with Crippen LogP contribution in [0.15, 0.2) is 11.8 Å². The molecule has 4 aliphatic carbocycles. The predicted octanol–water partition coefficient (Wildman–Crippen LogP) is 4.08. The fraction of sp³-hybridized carbons (Fsp3) is 0.800. The van der Waals surface area contributed by atoms with E-state index in [-0.39, 0.29) is 49.4 Å². The van der Waals surface area contributed by atoms with Gasteiger partial charge in [0.1, 0.15) is 12.4 Å². The van der Waals surface area contributed by atoms with E-state index in [0.29, 0.717) is 51.4 Å². The molecule has 0 bridgehead atoms. The highest BCUT2D eigenvalue weighted by molar-refractivity contribution is 5.72. The average molecular weight is 549 g/mol. The van der Waals surface area contributed by atoms with Crippen molar-refractivity contribution in [2.75, 3.05) is 0 Å². The molecule has 218 valence electrons. The number of aliphatic hydroxyl groups is 2. The highest BCUT2D eigenvalue weighted by atomic mass is 16.5. The van der Waals surface area contributed by atoms with E-state index in [4.69, 9.17) is 14.6 Å². The van der Waals surface area contributed by atoms with E-state index < -0.39 is 40.1 Å². The van der Waals surface area contributed by atoms with Crippen molar-refractivity contribution in [3.05, 3.63) is 11.8 Å². The average Bonchev–Trinajstić information content (AvgIpc) is 3.14. The molecule has 9 nitrogen and oxygen atoms in total. The second kappa shape index (κ2) is 11.0. The summed E-state index contributed by atoms with van der Waals surface area (Å²) in [7, 11) is 0. The lowest BCUT2D eigenvalue weighted by atomic mass is 9.41. The minimum Gasteiger partial charge on any atom is -0.481 e. The van der Waals surface area contributed by atoms with Gasteiger partial charge >= 0.3 is 17.9 Å². The lowest BCUT2D eigenvalue weighted by molar-refractivity contribution is -0.249. The largest absolute Gasteiger partial charge is 0.481 e. The number of carboxylic acids is 1. The fourth-order valence-electron chi connectivity index (χ4n) is 9.03. The first-order chi connectivity index (χ1) is 18.4. The maximum Gasteiger partial charge on any atom is 0.307 e. The van der Waals surface area contributed by atoms with Gasteiger partial charge in [0.2, 0.25) is 0 Å². The first kappa shape index (κ1) is 29.7. The van der Waals surface area contributed by atoms with Gasteiger partial charge < -0.3 is 29.6 Å². The molecule has 0 saturated heterocycles. The number of allylic oxidation sites excluding steroid dienone is 1. The number of carbonyl (C=O) groups is 4. The molecule has 4 fully saturated rings. The number of carboxylic acid groups (broad SMARTS) is 1. The van der Waals surface area contributed by atoms with Gasteiger partial charge in [-0.25, -0.2) is 0 Å². The molecule has 8 atom stereocenters. The fourth-order valence-corrected chi connectivity index (χ4v) is 9.03. The highest BCUT2D eigenvalue weighted by Gasteiger charge is 2.71. The van der Waals surface area contributed by atoms with Crippen LogP contribution in [-0.2, 0) is 28.7 Å². The van der Waals surface area contributed by atoms with Crippen LogP contribution in [0.5, 0.6) is 0 Å². The highest BCUT2D eigenvalue weighted by Crippen LogP contribution is 2.70. The van der Waals surface area contributed by atoms with Gasteiger partial charge in [0, 0.05) is 31.6 Å². The van der Waals surface area contributed by atoms with Crippen LogP contribution in [0.2, 0.25) is 0 Å². The van der Waals surface area contributed by atoms with Gasteiger partial charge in [-0.05, 0) is 87.5 Å². The molecule has 0 aromatic heterocycles. The van der Waals surface area contributed by atoms with E-state index in [0.717, 1.165) is 18.3 Å². The Kier molecular flexibility index (Phi) is 8.35. The Morgan fingerprint density at radius 1 is 0.974 bits per heavy atom. The molecule has 4 saturated carbocycles. The second-order valence-electron chi connectivity index (χ2n) is 12.7. The van der Waals surface area contributed by atoms with Crippen molar-refractivity contribution in [1.82, 2.24) is 0 Å². The van der Waals surface area contributed by atoms with Crippen molar-refractivity contribution in [3.8, 4) is 0 Å². The molecule has 4 rings (SSSR count). The Hall–Kier alpha value is -2.26. The number of aldehydes is 1. The monoisotopic (exact) mass is 548 g/mol. The van der Waals surface area contributed by atoms with Crippen LogP contribution in [0.3, 0.4) is 0 Å². The smallest absolute Gasteiger partial charge is 0.307 e. The molecule has 1 unspecified atom stereocenters. The van der Waals surface area contributed by atoms with Gasteiger partial charge in [0.05, 0.1) is 22.9 Å². The molecule has 0 aromatic carbocycles. The van der Waals surface area contributed by atoms with Gasteiger partial charge in [0.15, 0.2) is 0 Å². The first-order valence-electron chi connectivity index (χ1n) is 14.5. The lowest BCUT2D eigenvalue weighted by Gasteiger charge is -2.65. The molecular formula is C30H44O9. The van der Waals surface area contributed by atoms with Gasteiger partial charge in [-0.15, -0.1) is 0 Å². The minimum atomic E-state index is -1.33. The van der Waals surface area contributed by atoms with Gasteiger partial charge in [-0.1, -0.05) is 13.8 Å². The van der Waals surface area contributed by atoms with Crippen LogP contribution in [0.25, 0.3) is 0 Å². The number of fused-ring (bicyclic) bond motifs is 5. The van der Waals surface area contributed by atoms with Crippen molar-refractivity contribution in [2.24, 2.45) is 28.6 Å². The summed E-state index contributed by atoms with van der Waals surface area (Å²) in [4.78, 5) is 47.4. The lowest BCUT2D eigenvalue weighted by Crippen LogP contribution is -2.69. The van der Waals surface area contributed by atoms with E-state index in [1.165, 1.54) is 6.92 Å². The molecule has 39 heavy (non-hydrogen) atoms. The summed E-state index contributed by atoms with van der Waals surface area (Å²) < 4.78 is 10.8. The van der Waals surface area contributed by atoms with Crippen LogP contribution >= 0.6 is 0 Å². The zero-order chi connectivity index (χ0) is 28.6. The molecule has 0 amide bonds. The van der Waals surface area contributed by atoms with E-state index in [2.05, 4.69) is 6.92 Å². The number of aliphatic carboxylic acids is 1. The van der Waals surface area contributed by atoms with E-state index >= 15 is 0 Å². The number of carbonyl (C=O) groups excluding carboxylic acids is 3. The van der Waals surface area contributed by atoms with Crippen LogP contribution in [-0.4, -0.2) is 56.8 Å². The molecule has 9 heteroatoms. The Bertz CT molecular complexity index is 1020. The molecule has 0 aliphatic heterocycles. The molecule has 0 radical (unpaired) electrons. The van der Waals surface area contributed by atoms with Crippen LogP contribution in [0, 0.1) is 28.6 Å². The summed E-state index contributed by atoms with van der Waals surface area (Å²) in [5, 5.41) is 33.1. The first-order valence-corrected chi connectivity index (χ1v) is 14.5. The van der Waals surface area contributed by atoms with Crippen LogP contribution in [0.1, 0.15) is 104 Å². The number of hydrogen-bond acceptors (Lipinski definition) is 8. The standard InChI is InChI=1S/C30H44O9/c1-4-20(17-38-19(2)32)22-11-15-30(37)24-10-14-29(36)16-21(39-26(35)7-5-6-25(33)34)8-13-28(29,18-31)23(24)9-12-27(22,30)3/h17-18,21-24,36-37H,4-16H2,1-3H3,(H,33,34)/b20-17+/t21-,22+,23?,24+,27+,28-,29-,30-/m0/s1. The number of ether oxygens (including phenoxy) is 2. The van der Waals surface area contributed by atoms with Gasteiger partial charge in [-0.2, -0.15) is 0 Å². The molecular weight excluding hydrogens is 504 g/mol. The summed E-state index contributed by atoms with van der Waals surface area (Å²) >= 11 is 0. The maximum atomic E-state index is 12.9. The van der Waals surface area contributed by atoms with Crippen molar-refractivity contribution >= 4 is 24.2 Å². The maximum absolute atomic E-state index is 12.9.